The van der Waals surface area contributed by atoms with E-state index >= 15 is 0 Å². The molecule has 1 aliphatic heterocycles. The highest BCUT2D eigenvalue weighted by Gasteiger charge is 2.31. The van der Waals surface area contributed by atoms with E-state index in [-0.39, 0.29) is 24.1 Å². The van der Waals surface area contributed by atoms with Crippen molar-refractivity contribution < 1.29 is 18.0 Å². The number of carbonyl (C=O) groups is 1. The number of rotatable bonds is 3. The first kappa shape index (κ1) is 18.6. The van der Waals surface area contributed by atoms with Gasteiger partial charge in [-0.05, 0) is 24.9 Å². The zero-order chi connectivity index (χ0) is 16.9. The zero-order valence-corrected chi connectivity index (χ0v) is 13.0. The van der Waals surface area contributed by atoms with E-state index in [1.165, 1.54) is 4.81 Å². The first-order chi connectivity index (χ1) is 10.4. The van der Waals surface area contributed by atoms with Crippen molar-refractivity contribution in [2.75, 3.05) is 0 Å². The van der Waals surface area contributed by atoms with Gasteiger partial charge in [-0.1, -0.05) is 20.8 Å². The van der Waals surface area contributed by atoms with Crippen molar-refractivity contribution in [2.45, 2.75) is 52.2 Å². The Kier molecular flexibility index (Phi) is 6.93. The molecule has 0 aliphatic carbocycles. The molecule has 0 bridgehead atoms. The van der Waals surface area contributed by atoms with Crippen molar-refractivity contribution >= 4 is 13.9 Å². The lowest BCUT2D eigenvalue weighted by molar-refractivity contribution is -0.124. The molecule has 0 saturated carbocycles. The van der Waals surface area contributed by atoms with Crippen LogP contribution < -0.4 is 5.32 Å². The van der Waals surface area contributed by atoms with Gasteiger partial charge in [0, 0.05) is 18.2 Å². The van der Waals surface area contributed by atoms with Gasteiger partial charge < -0.3 is 10.1 Å². The quantitative estimate of drug-likeness (QED) is 0.687. The maximum Gasteiger partial charge on any atom is 0.236 e. The Bertz CT molecular complexity index is 528. The molecule has 7 heteroatoms. The number of amides is 1. The molecular weight excluding hydrogens is 292 g/mol. The van der Waals surface area contributed by atoms with Crippen molar-refractivity contribution in [1.29, 1.82) is 0 Å². The van der Waals surface area contributed by atoms with Gasteiger partial charge in [-0.2, -0.15) is 0 Å². The summed E-state index contributed by atoms with van der Waals surface area (Å²) in [6.07, 6.45) is 1.39. The van der Waals surface area contributed by atoms with Gasteiger partial charge in [0.05, 0.1) is 6.04 Å². The number of carbonyl (C=O) groups excluding carboxylic acids is 1. The molecule has 1 aliphatic rings. The summed E-state index contributed by atoms with van der Waals surface area (Å²) >= 11 is 0. The SMILES string of the molecule is CC.[B]N1[C@@H](C)CC[C@H]1C(=O)NCc1cc(F)cc(F)c1F. The van der Waals surface area contributed by atoms with Crippen LogP contribution in [0.1, 0.15) is 39.2 Å². The lowest BCUT2D eigenvalue weighted by Gasteiger charge is -2.23. The molecule has 1 amide bonds. The zero-order valence-electron chi connectivity index (χ0n) is 13.0. The average molecular weight is 312 g/mol. The fourth-order valence-corrected chi connectivity index (χ4v) is 2.31. The Labute approximate surface area is 130 Å². The van der Waals surface area contributed by atoms with Crippen LogP contribution in [0.25, 0.3) is 0 Å². The number of nitrogens with one attached hydrogen (secondary N) is 1. The van der Waals surface area contributed by atoms with Crippen LogP contribution >= 0.6 is 0 Å². The topological polar surface area (TPSA) is 32.3 Å². The molecule has 1 heterocycles. The molecule has 0 unspecified atom stereocenters. The van der Waals surface area contributed by atoms with Gasteiger partial charge in [-0.25, -0.2) is 13.2 Å². The maximum absolute atomic E-state index is 13.4. The molecular formula is C15H20BF3N2O. The van der Waals surface area contributed by atoms with E-state index in [1.54, 1.807) is 0 Å². The van der Waals surface area contributed by atoms with Gasteiger partial charge in [0.1, 0.15) is 5.82 Å². The molecule has 2 atom stereocenters. The second-order valence-electron chi connectivity index (χ2n) is 4.97. The fraction of sp³-hybridized carbons (Fsp3) is 0.533. The van der Waals surface area contributed by atoms with E-state index in [2.05, 4.69) is 5.32 Å². The minimum Gasteiger partial charge on any atom is -0.351 e. The van der Waals surface area contributed by atoms with Crippen molar-refractivity contribution in [3.8, 4) is 0 Å². The molecule has 3 nitrogen and oxygen atoms in total. The number of benzene rings is 1. The highest BCUT2D eigenvalue weighted by Crippen LogP contribution is 2.21. The molecule has 1 fully saturated rings. The highest BCUT2D eigenvalue weighted by molar-refractivity contribution is 6.07. The predicted octanol–water partition coefficient (Wildman–Crippen LogP) is 2.68. The third-order valence-corrected chi connectivity index (χ3v) is 3.55. The van der Waals surface area contributed by atoms with Crippen molar-refractivity contribution in [3.05, 3.63) is 35.1 Å². The molecule has 1 aromatic carbocycles. The minimum absolute atomic E-state index is 0.0918. The minimum atomic E-state index is -1.27. The van der Waals surface area contributed by atoms with Crippen molar-refractivity contribution in [1.82, 2.24) is 10.1 Å². The Hall–Kier alpha value is -1.50. The molecule has 2 rings (SSSR count). The Balaban J connectivity index is 0.00000116. The molecule has 1 saturated heterocycles. The fourth-order valence-electron chi connectivity index (χ4n) is 2.31. The van der Waals surface area contributed by atoms with Crippen LogP contribution in [0.5, 0.6) is 0 Å². The lowest BCUT2D eigenvalue weighted by atomic mass is 10.1. The summed E-state index contributed by atoms with van der Waals surface area (Å²) in [6.45, 7) is 5.62. The highest BCUT2D eigenvalue weighted by atomic mass is 19.2. The third kappa shape index (κ3) is 4.26. The number of hydrogen-bond acceptors (Lipinski definition) is 2. The van der Waals surface area contributed by atoms with Crippen molar-refractivity contribution in [3.63, 3.8) is 0 Å². The molecule has 0 aromatic heterocycles. The standard InChI is InChI=1S/C13H14BF3N2O.C2H6/c1-7-2-3-11(19(7)14)13(20)18-6-8-4-9(15)5-10(16)12(8)17;1-2/h4-5,7,11H,2-3,6H2,1H3,(H,18,20);1-2H3/t7-,11-;/m0./s1. The van der Waals surface area contributed by atoms with Crippen LogP contribution in [-0.2, 0) is 11.3 Å². The monoisotopic (exact) mass is 312 g/mol. The Morgan fingerprint density at radius 1 is 1.32 bits per heavy atom. The number of halogens is 3. The van der Waals surface area contributed by atoms with E-state index in [1.807, 2.05) is 20.8 Å². The number of nitrogens with zero attached hydrogens (tertiary/aromatic N) is 1. The second-order valence-corrected chi connectivity index (χ2v) is 4.97. The molecule has 22 heavy (non-hydrogen) atoms. The smallest absolute Gasteiger partial charge is 0.236 e. The van der Waals surface area contributed by atoms with Crippen LogP contribution in [0.4, 0.5) is 13.2 Å². The van der Waals surface area contributed by atoms with E-state index < -0.39 is 23.5 Å². The van der Waals surface area contributed by atoms with E-state index in [4.69, 9.17) is 7.98 Å². The van der Waals surface area contributed by atoms with Crippen LogP contribution in [0.3, 0.4) is 0 Å². The lowest BCUT2D eigenvalue weighted by Crippen LogP contribution is -2.43. The Morgan fingerprint density at radius 3 is 2.50 bits per heavy atom. The summed E-state index contributed by atoms with van der Waals surface area (Å²) in [5.41, 5.74) is -0.231. The number of hydrogen-bond donors (Lipinski definition) is 1. The van der Waals surface area contributed by atoms with Gasteiger partial charge in [0.25, 0.3) is 0 Å². The molecule has 1 aromatic rings. The summed E-state index contributed by atoms with van der Waals surface area (Å²) in [4.78, 5) is 13.4. The summed E-state index contributed by atoms with van der Waals surface area (Å²) in [5, 5.41) is 2.45. The Morgan fingerprint density at radius 2 is 1.95 bits per heavy atom. The molecule has 120 valence electrons. The van der Waals surface area contributed by atoms with E-state index in [0.717, 1.165) is 12.5 Å². The first-order valence-corrected chi connectivity index (χ1v) is 7.34. The molecule has 1 N–H and O–H groups in total. The van der Waals surface area contributed by atoms with Gasteiger partial charge in [-0.15, -0.1) is 0 Å². The summed E-state index contributed by atoms with van der Waals surface area (Å²) in [6, 6.07) is 0.914. The van der Waals surface area contributed by atoms with Crippen LogP contribution in [-0.4, -0.2) is 30.8 Å². The predicted molar refractivity (Wildman–Crippen MR) is 79.6 cm³/mol. The summed E-state index contributed by atoms with van der Waals surface area (Å²) in [7, 11) is 5.75. The largest absolute Gasteiger partial charge is 0.351 e. The molecule has 0 spiro atoms. The van der Waals surface area contributed by atoms with E-state index in [9.17, 15) is 18.0 Å². The normalized spacial score (nSPS) is 21.2. The van der Waals surface area contributed by atoms with Crippen molar-refractivity contribution in [2.24, 2.45) is 0 Å². The summed E-state index contributed by atoms with van der Waals surface area (Å²) < 4.78 is 39.4. The van der Waals surface area contributed by atoms with Crippen LogP contribution in [0.15, 0.2) is 12.1 Å². The van der Waals surface area contributed by atoms with Gasteiger partial charge in [0.15, 0.2) is 19.6 Å². The van der Waals surface area contributed by atoms with Crippen LogP contribution in [0, 0.1) is 17.5 Å². The molecule has 2 radical (unpaired) electrons. The first-order valence-electron chi connectivity index (χ1n) is 7.34. The second kappa shape index (κ2) is 8.22. The van der Waals surface area contributed by atoms with Gasteiger partial charge in [0.2, 0.25) is 5.91 Å². The van der Waals surface area contributed by atoms with Crippen LogP contribution in [0.2, 0.25) is 0 Å². The van der Waals surface area contributed by atoms with Gasteiger partial charge in [-0.3, -0.25) is 4.79 Å². The summed E-state index contributed by atoms with van der Waals surface area (Å²) in [5.74, 6) is -3.69. The average Bonchev–Trinajstić information content (AvgIpc) is 2.83. The van der Waals surface area contributed by atoms with E-state index in [0.29, 0.717) is 12.5 Å². The van der Waals surface area contributed by atoms with Gasteiger partial charge >= 0.3 is 0 Å². The third-order valence-electron chi connectivity index (χ3n) is 3.55. The maximum atomic E-state index is 13.4.